The quantitative estimate of drug-likeness (QED) is 0.642. The van der Waals surface area contributed by atoms with Gasteiger partial charge in [-0.05, 0) is 36.5 Å². The van der Waals surface area contributed by atoms with Crippen LogP contribution in [0.15, 0.2) is 36.0 Å². The molecule has 0 aliphatic heterocycles. The van der Waals surface area contributed by atoms with Gasteiger partial charge in [0.1, 0.15) is 5.75 Å². The zero-order valence-corrected chi connectivity index (χ0v) is 13.0. The standard InChI is InChI=1S/C17H23NO4/c1-21-12-8-6-11(7-9-12)17(13-4-3-5-15(13)19)14(18)10-16(20)22-2/h6-10,13,15,17,19H,3-5,18H2,1-2H3/b14-10-/t13-,15+,17+/m0/s1. The Morgan fingerprint density at radius 1 is 1.32 bits per heavy atom. The summed E-state index contributed by atoms with van der Waals surface area (Å²) in [6.45, 7) is 0. The maximum absolute atomic E-state index is 11.5. The Bertz CT molecular complexity index is 538. The zero-order chi connectivity index (χ0) is 16.1. The van der Waals surface area contributed by atoms with Crippen molar-refractivity contribution in [3.8, 4) is 5.75 Å². The Morgan fingerprint density at radius 2 is 2.00 bits per heavy atom. The summed E-state index contributed by atoms with van der Waals surface area (Å²) in [5, 5.41) is 10.2. The van der Waals surface area contributed by atoms with Gasteiger partial charge < -0.3 is 20.3 Å². The minimum atomic E-state index is -0.483. The van der Waals surface area contributed by atoms with E-state index >= 15 is 0 Å². The van der Waals surface area contributed by atoms with Gasteiger partial charge in [0.05, 0.1) is 20.3 Å². The van der Waals surface area contributed by atoms with E-state index in [9.17, 15) is 9.90 Å². The highest BCUT2D eigenvalue weighted by molar-refractivity contribution is 5.82. The minimum Gasteiger partial charge on any atom is -0.497 e. The number of esters is 1. The van der Waals surface area contributed by atoms with Crippen molar-refractivity contribution in [1.29, 1.82) is 0 Å². The smallest absolute Gasteiger partial charge is 0.332 e. The van der Waals surface area contributed by atoms with E-state index in [2.05, 4.69) is 4.74 Å². The lowest BCUT2D eigenvalue weighted by Gasteiger charge is -2.27. The van der Waals surface area contributed by atoms with Crippen molar-refractivity contribution in [2.24, 2.45) is 11.7 Å². The molecule has 1 fully saturated rings. The van der Waals surface area contributed by atoms with Gasteiger partial charge >= 0.3 is 5.97 Å². The van der Waals surface area contributed by atoms with E-state index in [4.69, 9.17) is 10.5 Å². The van der Waals surface area contributed by atoms with Crippen LogP contribution in [0.25, 0.3) is 0 Å². The van der Waals surface area contributed by atoms with Crippen molar-refractivity contribution in [1.82, 2.24) is 0 Å². The van der Waals surface area contributed by atoms with Crippen LogP contribution in [0, 0.1) is 5.92 Å². The lowest BCUT2D eigenvalue weighted by atomic mass is 9.81. The number of hydrogen-bond donors (Lipinski definition) is 2. The molecule has 1 aromatic rings. The molecule has 0 aromatic heterocycles. The second kappa shape index (κ2) is 7.31. The van der Waals surface area contributed by atoms with Gasteiger partial charge in [0.15, 0.2) is 0 Å². The molecule has 0 heterocycles. The van der Waals surface area contributed by atoms with Crippen LogP contribution in [0.3, 0.4) is 0 Å². The summed E-state index contributed by atoms with van der Waals surface area (Å²) in [6.07, 6.45) is 3.51. The number of rotatable bonds is 5. The minimum absolute atomic E-state index is 0.00861. The Balaban J connectivity index is 2.35. The van der Waals surface area contributed by atoms with Crippen LogP contribution >= 0.6 is 0 Å². The van der Waals surface area contributed by atoms with Gasteiger partial charge in [0.25, 0.3) is 0 Å². The van der Waals surface area contributed by atoms with Gasteiger partial charge in [-0.1, -0.05) is 18.6 Å². The molecule has 120 valence electrons. The molecule has 0 saturated heterocycles. The first-order valence-corrected chi connectivity index (χ1v) is 7.43. The summed E-state index contributed by atoms with van der Waals surface area (Å²) in [5.74, 6) is 0.0743. The molecule has 0 spiro atoms. The van der Waals surface area contributed by atoms with Crippen LogP contribution in [0.2, 0.25) is 0 Å². The van der Waals surface area contributed by atoms with Crippen molar-refractivity contribution < 1.29 is 19.4 Å². The molecule has 2 rings (SSSR count). The van der Waals surface area contributed by atoms with Gasteiger partial charge in [-0.3, -0.25) is 0 Å². The van der Waals surface area contributed by atoms with Crippen LogP contribution < -0.4 is 10.5 Å². The predicted octanol–water partition coefficient (Wildman–Crippen LogP) is 1.96. The summed E-state index contributed by atoms with van der Waals surface area (Å²) in [4.78, 5) is 11.5. The van der Waals surface area contributed by atoms with Gasteiger partial charge in [-0.25, -0.2) is 4.79 Å². The second-order valence-electron chi connectivity index (χ2n) is 5.58. The van der Waals surface area contributed by atoms with Crippen molar-refractivity contribution in [3.63, 3.8) is 0 Å². The number of aliphatic hydroxyl groups is 1. The summed E-state index contributed by atoms with van der Waals surface area (Å²) in [5.41, 5.74) is 7.54. The first-order valence-electron chi connectivity index (χ1n) is 7.43. The lowest BCUT2D eigenvalue weighted by molar-refractivity contribution is -0.134. The number of carbonyl (C=O) groups is 1. The summed E-state index contributed by atoms with van der Waals surface area (Å²) in [6, 6.07) is 7.56. The monoisotopic (exact) mass is 305 g/mol. The number of allylic oxidation sites excluding steroid dienone is 1. The Morgan fingerprint density at radius 3 is 2.50 bits per heavy atom. The summed E-state index contributed by atoms with van der Waals surface area (Å²) in [7, 11) is 2.93. The maximum atomic E-state index is 11.5. The highest BCUT2D eigenvalue weighted by Crippen LogP contribution is 2.40. The van der Waals surface area contributed by atoms with Crippen LogP contribution in [-0.2, 0) is 9.53 Å². The molecule has 0 amide bonds. The number of hydrogen-bond acceptors (Lipinski definition) is 5. The first kappa shape index (κ1) is 16.4. The third kappa shape index (κ3) is 3.60. The van der Waals surface area contributed by atoms with Crippen molar-refractivity contribution in [2.45, 2.75) is 31.3 Å². The molecular weight excluding hydrogens is 282 g/mol. The zero-order valence-electron chi connectivity index (χ0n) is 13.0. The average Bonchev–Trinajstić information content (AvgIpc) is 2.94. The molecule has 5 nitrogen and oxygen atoms in total. The summed E-state index contributed by atoms with van der Waals surface area (Å²) >= 11 is 0. The molecule has 0 bridgehead atoms. The molecule has 1 aromatic carbocycles. The largest absolute Gasteiger partial charge is 0.497 e. The van der Waals surface area contributed by atoms with Crippen LogP contribution in [0.1, 0.15) is 30.7 Å². The summed E-state index contributed by atoms with van der Waals surface area (Å²) < 4.78 is 9.82. The molecular formula is C17H23NO4. The van der Waals surface area contributed by atoms with Gasteiger partial charge in [-0.2, -0.15) is 0 Å². The highest BCUT2D eigenvalue weighted by atomic mass is 16.5. The number of ether oxygens (including phenoxy) is 2. The SMILES string of the molecule is COC(=O)/C=C(\N)[C@H](c1ccc(OC)cc1)[C@H]1CCC[C@H]1O. The number of nitrogens with two attached hydrogens (primary N) is 1. The number of aliphatic hydroxyl groups excluding tert-OH is 1. The third-order valence-electron chi connectivity index (χ3n) is 4.28. The molecule has 0 radical (unpaired) electrons. The number of methoxy groups -OCH3 is 2. The van der Waals surface area contributed by atoms with E-state index in [1.165, 1.54) is 13.2 Å². The van der Waals surface area contributed by atoms with Gasteiger partial charge in [0.2, 0.25) is 0 Å². The lowest BCUT2D eigenvalue weighted by Crippen LogP contribution is -2.26. The van der Waals surface area contributed by atoms with Crippen LogP contribution in [0.4, 0.5) is 0 Å². The van der Waals surface area contributed by atoms with E-state index < -0.39 is 12.1 Å². The van der Waals surface area contributed by atoms with E-state index in [0.29, 0.717) is 5.70 Å². The molecule has 22 heavy (non-hydrogen) atoms. The highest BCUT2D eigenvalue weighted by Gasteiger charge is 2.35. The van der Waals surface area contributed by atoms with E-state index in [0.717, 1.165) is 30.6 Å². The Kier molecular flexibility index (Phi) is 5.44. The van der Waals surface area contributed by atoms with Crippen molar-refractivity contribution >= 4 is 5.97 Å². The number of benzene rings is 1. The molecule has 3 atom stereocenters. The Hall–Kier alpha value is -2.01. The fraction of sp³-hybridized carbons (Fsp3) is 0.471. The molecule has 1 aliphatic rings. The number of carbonyl (C=O) groups excluding carboxylic acids is 1. The van der Waals surface area contributed by atoms with E-state index in [-0.39, 0.29) is 11.8 Å². The fourth-order valence-corrected chi connectivity index (χ4v) is 3.14. The topological polar surface area (TPSA) is 81.8 Å². The molecule has 1 saturated carbocycles. The first-order chi connectivity index (χ1) is 10.6. The van der Waals surface area contributed by atoms with E-state index in [1.54, 1.807) is 7.11 Å². The van der Waals surface area contributed by atoms with Crippen LogP contribution in [0.5, 0.6) is 5.75 Å². The van der Waals surface area contributed by atoms with Crippen LogP contribution in [-0.4, -0.2) is 31.4 Å². The molecule has 5 heteroatoms. The normalized spacial score (nSPS) is 23.1. The van der Waals surface area contributed by atoms with Gasteiger partial charge in [-0.15, -0.1) is 0 Å². The van der Waals surface area contributed by atoms with Crippen molar-refractivity contribution in [2.75, 3.05) is 14.2 Å². The maximum Gasteiger partial charge on any atom is 0.332 e. The second-order valence-corrected chi connectivity index (χ2v) is 5.58. The molecule has 3 N–H and O–H groups in total. The fourth-order valence-electron chi connectivity index (χ4n) is 3.14. The molecule has 1 aliphatic carbocycles. The Labute approximate surface area is 130 Å². The predicted molar refractivity (Wildman–Crippen MR) is 83.4 cm³/mol. The molecule has 0 unspecified atom stereocenters. The van der Waals surface area contributed by atoms with Crippen molar-refractivity contribution in [3.05, 3.63) is 41.6 Å². The third-order valence-corrected chi connectivity index (χ3v) is 4.28. The van der Waals surface area contributed by atoms with Gasteiger partial charge in [0, 0.05) is 17.7 Å². The van der Waals surface area contributed by atoms with E-state index in [1.807, 2.05) is 24.3 Å². The average molecular weight is 305 g/mol.